The van der Waals surface area contributed by atoms with Gasteiger partial charge in [0.2, 0.25) is 0 Å². The van der Waals surface area contributed by atoms with E-state index in [2.05, 4.69) is 28.1 Å². The number of halogens is 3. The Kier molecular flexibility index (Phi) is 5.09. The van der Waals surface area contributed by atoms with Crippen molar-refractivity contribution < 1.29 is 8.78 Å². The summed E-state index contributed by atoms with van der Waals surface area (Å²) in [6.45, 7) is 2.61. The summed E-state index contributed by atoms with van der Waals surface area (Å²) in [5, 5.41) is 4.79. The topological polar surface area (TPSA) is 17.8 Å². The molecule has 5 heteroatoms. The summed E-state index contributed by atoms with van der Waals surface area (Å²) >= 11 is 3.67. The van der Waals surface area contributed by atoms with Gasteiger partial charge in [0.15, 0.2) is 0 Å². The minimum atomic E-state index is -0.294. The van der Waals surface area contributed by atoms with Crippen LogP contribution in [0.25, 0.3) is 22.5 Å². The zero-order chi connectivity index (χ0) is 19.7. The molecule has 4 rings (SSSR count). The third-order valence-electron chi connectivity index (χ3n) is 4.54. The second-order valence-electron chi connectivity index (χ2n) is 6.67. The highest BCUT2D eigenvalue weighted by Crippen LogP contribution is 2.37. The molecule has 2 nitrogen and oxygen atoms in total. The molecule has 0 spiro atoms. The van der Waals surface area contributed by atoms with E-state index in [1.807, 2.05) is 23.7 Å². The van der Waals surface area contributed by atoms with Crippen LogP contribution in [0.4, 0.5) is 8.78 Å². The summed E-state index contributed by atoms with van der Waals surface area (Å²) < 4.78 is 29.5. The Morgan fingerprint density at radius 2 is 1.46 bits per heavy atom. The number of rotatable bonds is 4. The average molecular weight is 439 g/mol. The summed E-state index contributed by atoms with van der Waals surface area (Å²) in [6.07, 6.45) is 0. The van der Waals surface area contributed by atoms with Gasteiger partial charge in [-0.05, 0) is 76.9 Å². The second-order valence-corrected chi connectivity index (χ2v) is 7.46. The normalized spacial score (nSPS) is 11.0. The van der Waals surface area contributed by atoms with Crippen LogP contribution in [0, 0.1) is 18.6 Å². The van der Waals surface area contributed by atoms with E-state index in [0.29, 0.717) is 12.2 Å². The number of benzene rings is 3. The standard InChI is InChI=1S/C23H17BrF2N2/c1-15-3-2-4-16(13-15)14-28-23(18-7-11-20(26)12-8-18)21(24)22(27-28)17-5-9-19(25)10-6-17/h2-13H,14H2,1H3. The zero-order valence-corrected chi connectivity index (χ0v) is 16.7. The van der Waals surface area contributed by atoms with Crippen LogP contribution < -0.4 is 0 Å². The molecule has 0 fully saturated rings. The number of hydrogen-bond donors (Lipinski definition) is 0. The molecule has 0 amide bonds. The molecule has 0 aliphatic carbocycles. The van der Waals surface area contributed by atoms with Crippen molar-refractivity contribution >= 4 is 15.9 Å². The molecule has 1 heterocycles. The molecule has 0 saturated heterocycles. The van der Waals surface area contributed by atoms with Crippen LogP contribution in [0.5, 0.6) is 0 Å². The van der Waals surface area contributed by atoms with Gasteiger partial charge in [0.25, 0.3) is 0 Å². The van der Waals surface area contributed by atoms with Gasteiger partial charge in [0.1, 0.15) is 17.3 Å². The van der Waals surface area contributed by atoms with Crippen molar-refractivity contribution in [3.8, 4) is 22.5 Å². The van der Waals surface area contributed by atoms with Crippen LogP contribution in [-0.2, 0) is 6.54 Å². The lowest BCUT2D eigenvalue weighted by molar-refractivity contribution is 0.627. The first-order chi connectivity index (χ1) is 13.5. The van der Waals surface area contributed by atoms with Crippen LogP contribution in [0.1, 0.15) is 11.1 Å². The van der Waals surface area contributed by atoms with Crippen LogP contribution in [-0.4, -0.2) is 9.78 Å². The number of hydrogen-bond acceptors (Lipinski definition) is 1. The lowest BCUT2D eigenvalue weighted by Crippen LogP contribution is -2.04. The monoisotopic (exact) mass is 438 g/mol. The highest BCUT2D eigenvalue weighted by Gasteiger charge is 2.19. The van der Waals surface area contributed by atoms with E-state index in [4.69, 9.17) is 5.10 Å². The van der Waals surface area contributed by atoms with Crippen LogP contribution in [0.3, 0.4) is 0 Å². The fourth-order valence-corrected chi connectivity index (χ4v) is 3.96. The average Bonchev–Trinajstić information content (AvgIpc) is 2.99. The second kappa shape index (κ2) is 7.68. The van der Waals surface area contributed by atoms with Crippen molar-refractivity contribution in [3.63, 3.8) is 0 Å². The summed E-state index contributed by atoms with van der Waals surface area (Å²) in [5.74, 6) is -0.582. The Bertz CT molecular complexity index is 1120. The Morgan fingerprint density at radius 1 is 0.857 bits per heavy atom. The highest BCUT2D eigenvalue weighted by atomic mass is 79.9. The summed E-state index contributed by atoms with van der Waals surface area (Å²) in [6, 6.07) is 20.8. The Hall–Kier alpha value is -2.79. The van der Waals surface area contributed by atoms with Gasteiger partial charge in [-0.15, -0.1) is 0 Å². The zero-order valence-electron chi connectivity index (χ0n) is 15.2. The van der Waals surface area contributed by atoms with E-state index in [1.54, 1.807) is 24.3 Å². The van der Waals surface area contributed by atoms with Crippen LogP contribution >= 0.6 is 15.9 Å². The first kappa shape index (κ1) is 18.6. The molecule has 0 aliphatic heterocycles. The lowest BCUT2D eigenvalue weighted by Gasteiger charge is -2.09. The molecule has 0 N–H and O–H groups in total. The van der Waals surface area contributed by atoms with Gasteiger partial charge in [-0.25, -0.2) is 8.78 Å². The molecule has 0 unspecified atom stereocenters. The number of aryl methyl sites for hydroxylation is 1. The van der Waals surface area contributed by atoms with Crippen molar-refractivity contribution in [3.05, 3.63) is 100 Å². The number of aromatic nitrogens is 2. The predicted octanol–water partition coefficient (Wildman–Crippen LogP) is 6.61. The Morgan fingerprint density at radius 3 is 2.07 bits per heavy atom. The first-order valence-corrected chi connectivity index (χ1v) is 9.64. The minimum absolute atomic E-state index is 0.289. The summed E-state index contributed by atoms with van der Waals surface area (Å²) in [4.78, 5) is 0. The van der Waals surface area contributed by atoms with Gasteiger partial charge in [-0.3, -0.25) is 4.68 Å². The van der Waals surface area contributed by atoms with E-state index in [0.717, 1.165) is 26.9 Å². The van der Waals surface area contributed by atoms with Gasteiger partial charge in [0, 0.05) is 11.1 Å². The van der Waals surface area contributed by atoms with E-state index in [9.17, 15) is 8.78 Å². The molecular weight excluding hydrogens is 422 g/mol. The van der Waals surface area contributed by atoms with E-state index >= 15 is 0 Å². The molecule has 0 saturated carbocycles. The smallest absolute Gasteiger partial charge is 0.123 e. The van der Waals surface area contributed by atoms with Crippen LogP contribution in [0.2, 0.25) is 0 Å². The molecule has 0 aliphatic rings. The quantitative estimate of drug-likeness (QED) is 0.350. The van der Waals surface area contributed by atoms with Crippen molar-refractivity contribution in [1.82, 2.24) is 9.78 Å². The molecule has 1 aromatic heterocycles. The third-order valence-corrected chi connectivity index (χ3v) is 5.30. The van der Waals surface area contributed by atoms with E-state index in [1.165, 1.54) is 29.8 Å². The molecule has 0 atom stereocenters. The fraction of sp³-hybridized carbons (Fsp3) is 0.0870. The molecule has 140 valence electrons. The van der Waals surface area contributed by atoms with Gasteiger partial charge in [0.05, 0.1) is 16.7 Å². The van der Waals surface area contributed by atoms with Gasteiger partial charge in [-0.2, -0.15) is 5.10 Å². The predicted molar refractivity (Wildman–Crippen MR) is 111 cm³/mol. The highest BCUT2D eigenvalue weighted by molar-refractivity contribution is 9.10. The summed E-state index contributed by atoms with van der Waals surface area (Å²) in [5.41, 5.74) is 5.50. The van der Waals surface area contributed by atoms with Crippen LogP contribution in [0.15, 0.2) is 77.3 Å². The van der Waals surface area contributed by atoms with Crippen molar-refractivity contribution in [1.29, 1.82) is 0 Å². The van der Waals surface area contributed by atoms with E-state index in [-0.39, 0.29) is 11.6 Å². The molecule has 3 aromatic carbocycles. The molecule has 4 aromatic rings. The maximum absolute atomic E-state index is 13.4. The van der Waals surface area contributed by atoms with E-state index < -0.39 is 0 Å². The van der Waals surface area contributed by atoms with Crippen molar-refractivity contribution in [2.45, 2.75) is 13.5 Å². The van der Waals surface area contributed by atoms with Crippen molar-refractivity contribution in [2.75, 3.05) is 0 Å². The SMILES string of the molecule is Cc1cccc(Cn2nc(-c3ccc(F)cc3)c(Br)c2-c2ccc(F)cc2)c1. The molecular formula is C23H17BrF2N2. The summed E-state index contributed by atoms with van der Waals surface area (Å²) in [7, 11) is 0. The third kappa shape index (κ3) is 3.76. The minimum Gasteiger partial charge on any atom is -0.259 e. The van der Waals surface area contributed by atoms with Gasteiger partial charge < -0.3 is 0 Å². The Balaban J connectivity index is 1.86. The first-order valence-electron chi connectivity index (χ1n) is 8.85. The van der Waals surface area contributed by atoms with Gasteiger partial charge >= 0.3 is 0 Å². The number of nitrogens with zero attached hydrogens (tertiary/aromatic N) is 2. The Labute approximate surface area is 170 Å². The maximum Gasteiger partial charge on any atom is 0.123 e. The molecule has 0 radical (unpaired) electrons. The molecule has 0 bridgehead atoms. The maximum atomic E-state index is 13.4. The fourth-order valence-electron chi connectivity index (χ4n) is 3.21. The largest absolute Gasteiger partial charge is 0.259 e. The van der Waals surface area contributed by atoms with Gasteiger partial charge in [-0.1, -0.05) is 29.8 Å². The lowest BCUT2D eigenvalue weighted by atomic mass is 10.1. The molecule has 28 heavy (non-hydrogen) atoms. The van der Waals surface area contributed by atoms with Crippen molar-refractivity contribution in [2.24, 2.45) is 0 Å².